The Hall–Kier alpha value is -1.62. The second-order valence-corrected chi connectivity index (χ2v) is 5.35. The third kappa shape index (κ3) is 2.87. The second kappa shape index (κ2) is 5.17. The molecule has 0 bridgehead atoms. The van der Waals surface area contributed by atoms with E-state index in [1.807, 2.05) is 25.4 Å². The highest BCUT2D eigenvalue weighted by Crippen LogP contribution is 2.18. The van der Waals surface area contributed by atoms with Crippen LogP contribution in [0.3, 0.4) is 0 Å². The molecule has 5 heteroatoms. The molecule has 0 spiro atoms. The molecule has 2 heterocycles. The van der Waals surface area contributed by atoms with Gasteiger partial charge in [-0.1, -0.05) is 0 Å². The summed E-state index contributed by atoms with van der Waals surface area (Å²) in [5.74, 6) is 0. The van der Waals surface area contributed by atoms with Crippen LogP contribution < -0.4 is 10.9 Å². The van der Waals surface area contributed by atoms with E-state index in [-0.39, 0.29) is 5.56 Å². The van der Waals surface area contributed by atoms with Gasteiger partial charge in [0, 0.05) is 25.0 Å². The normalized spacial score (nSPS) is 15.2. The zero-order valence-corrected chi connectivity index (χ0v) is 11.3. The van der Waals surface area contributed by atoms with E-state index in [2.05, 4.69) is 10.4 Å². The fourth-order valence-corrected chi connectivity index (χ4v) is 2.33. The van der Waals surface area contributed by atoms with Crippen LogP contribution in [0.25, 0.3) is 5.52 Å². The fraction of sp³-hybridized carbons (Fsp3) is 0.571. The van der Waals surface area contributed by atoms with Gasteiger partial charge in [-0.05, 0) is 45.2 Å². The van der Waals surface area contributed by atoms with Gasteiger partial charge in [0.05, 0.1) is 5.69 Å². The van der Waals surface area contributed by atoms with Crippen LogP contribution in [-0.2, 0) is 6.54 Å². The van der Waals surface area contributed by atoms with Crippen molar-refractivity contribution in [3.63, 3.8) is 0 Å². The number of hydrogen-bond donors (Lipinski definition) is 1. The van der Waals surface area contributed by atoms with Crippen LogP contribution in [-0.4, -0.2) is 26.8 Å². The van der Waals surface area contributed by atoms with Crippen molar-refractivity contribution in [2.45, 2.75) is 45.2 Å². The second-order valence-electron chi connectivity index (χ2n) is 5.35. The number of rotatable bonds is 6. The molecule has 1 aliphatic rings. The van der Waals surface area contributed by atoms with Crippen LogP contribution in [0, 0.1) is 6.92 Å². The van der Waals surface area contributed by atoms with Crippen molar-refractivity contribution in [1.29, 1.82) is 0 Å². The Bertz CT molecular complexity index is 624. The van der Waals surface area contributed by atoms with Crippen molar-refractivity contribution in [3.05, 3.63) is 34.5 Å². The van der Waals surface area contributed by atoms with Crippen LogP contribution >= 0.6 is 0 Å². The standard InChI is InChI=1S/C14H20N4O/c1-11-10-13-14(19)17(8-9-18(13)16-11)7-3-2-6-15-12-4-5-12/h8-10,12,15H,2-7H2,1H3. The summed E-state index contributed by atoms with van der Waals surface area (Å²) >= 11 is 0. The van der Waals surface area contributed by atoms with Crippen molar-refractivity contribution in [3.8, 4) is 0 Å². The van der Waals surface area contributed by atoms with Gasteiger partial charge < -0.3 is 9.88 Å². The fourth-order valence-electron chi connectivity index (χ4n) is 2.33. The van der Waals surface area contributed by atoms with E-state index in [0.717, 1.165) is 37.7 Å². The van der Waals surface area contributed by atoms with E-state index < -0.39 is 0 Å². The van der Waals surface area contributed by atoms with Crippen LogP contribution in [0.2, 0.25) is 0 Å². The summed E-state index contributed by atoms with van der Waals surface area (Å²) in [6.07, 6.45) is 8.49. The quantitative estimate of drug-likeness (QED) is 0.797. The van der Waals surface area contributed by atoms with E-state index in [4.69, 9.17) is 0 Å². The molecular weight excluding hydrogens is 240 g/mol. The molecule has 0 saturated heterocycles. The van der Waals surface area contributed by atoms with Crippen molar-refractivity contribution >= 4 is 5.52 Å². The van der Waals surface area contributed by atoms with Crippen LogP contribution in [0.5, 0.6) is 0 Å². The summed E-state index contributed by atoms with van der Waals surface area (Å²) in [5.41, 5.74) is 1.60. The third-order valence-electron chi connectivity index (χ3n) is 3.56. The lowest BCUT2D eigenvalue weighted by atomic mass is 10.3. The zero-order chi connectivity index (χ0) is 13.2. The summed E-state index contributed by atoms with van der Waals surface area (Å²) in [6.45, 7) is 3.75. The van der Waals surface area contributed by atoms with Gasteiger partial charge in [0.25, 0.3) is 5.56 Å². The Balaban J connectivity index is 1.60. The SMILES string of the molecule is Cc1cc2c(=O)n(CCCCNC3CC3)ccn2n1. The van der Waals surface area contributed by atoms with Gasteiger partial charge >= 0.3 is 0 Å². The summed E-state index contributed by atoms with van der Waals surface area (Å²) in [6, 6.07) is 2.61. The molecule has 5 nitrogen and oxygen atoms in total. The minimum Gasteiger partial charge on any atom is -0.314 e. The lowest BCUT2D eigenvalue weighted by Crippen LogP contribution is -2.22. The predicted molar refractivity (Wildman–Crippen MR) is 74.4 cm³/mol. The van der Waals surface area contributed by atoms with Gasteiger partial charge in [-0.3, -0.25) is 4.79 Å². The Labute approximate surface area is 112 Å². The first-order chi connectivity index (χ1) is 9.24. The number of hydrogen-bond acceptors (Lipinski definition) is 3. The predicted octanol–water partition coefficient (Wildman–Crippen LogP) is 1.34. The highest BCUT2D eigenvalue weighted by molar-refractivity contribution is 5.44. The van der Waals surface area contributed by atoms with Gasteiger partial charge in [0.2, 0.25) is 0 Å². The van der Waals surface area contributed by atoms with E-state index in [9.17, 15) is 4.79 Å². The molecule has 2 aromatic heterocycles. The third-order valence-corrected chi connectivity index (χ3v) is 3.56. The smallest absolute Gasteiger partial charge is 0.276 e. The number of nitrogens with zero attached hydrogens (tertiary/aromatic N) is 3. The summed E-state index contributed by atoms with van der Waals surface area (Å²) < 4.78 is 3.44. The lowest BCUT2D eigenvalue weighted by molar-refractivity contribution is 0.556. The monoisotopic (exact) mass is 260 g/mol. The van der Waals surface area contributed by atoms with Crippen LogP contribution in [0.4, 0.5) is 0 Å². The molecule has 0 aromatic carbocycles. The molecule has 102 valence electrons. The minimum atomic E-state index is 0.0539. The Morgan fingerprint density at radius 3 is 3.00 bits per heavy atom. The average molecular weight is 260 g/mol. The zero-order valence-electron chi connectivity index (χ0n) is 11.3. The molecular formula is C14H20N4O. The molecule has 0 atom stereocenters. The molecule has 1 saturated carbocycles. The molecule has 1 fully saturated rings. The maximum atomic E-state index is 12.2. The number of fused-ring (bicyclic) bond motifs is 1. The highest BCUT2D eigenvalue weighted by atomic mass is 16.1. The molecule has 3 rings (SSSR count). The first-order valence-electron chi connectivity index (χ1n) is 7.03. The number of unbranched alkanes of at least 4 members (excludes halogenated alkanes) is 1. The maximum Gasteiger partial charge on any atom is 0.276 e. The Kier molecular flexibility index (Phi) is 3.38. The molecule has 19 heavy (non-hydrogen) atoms. The Morgan fingerprint density at radius 2 is 2.21 bits per heavy atom. The number of nitrogens with one attached hydrogen (secondary N) is 1. The molecule has 0 radical (unpaired) electrons. The van der Waals surface area contributed by atoms with Crippen molar-refractivity contribution < 1.29 is 0 Å². The van der Waals surface area contributed by atoms with Gasteiger partial charge in [0.1, 0.15) is 5.52 Å². The summed E-state index contributed by atoms with van der Waals surface area (Å²) in [7, 11) is 0. The van der Waals surface area contributed by atoms with Gasteiger partial charge in [0.15, 0.2) is 0 Å². The molecule has 0 amide bonds. The van der Waals surface area contributed by atoms with Crippen molar-refractivity contribution in [2.75, 3.05) is 6.54 Å². The molecule has 0 unspecified atom stereocenters. The van der Waals surface area contributed by atoms with Gasteiger partial charge in [-0.2, -0.15) is 5.10 Å². The highest BCUT2D eigenvalue weighted by Gasteiger charge is 2.19. The van der Waals surface area contributed by atoms with Crippen LogP contribution in [0.15, 0.2) is 23.3 Å². The molecule has 0 aliphatic heterocycles. The molecule has 2 aromatic rings. The van der Waals surface area contributed by atoms with Crippen molar-refractivity contribution in [2.24, 2.45) is 0 Å². The Morgan fingerprint density at radius 1 is 1.37 bits per heavy atom. The average Bonchev–Trinajstić information content (AvgIpc) is 3.12. The first-order valence-corrected chi connectivity index (χ1v) is 7.03. The molecule has 1 aliphatic carbocycles. The summed E-state index contributed by atoms with van der Waals surface area (Å²) in [5, 5.41) is 7.73. The van der Waals surface area contributed by atoms with E-state index in [1.165, 1.54) is 12.8 Å². The topological polar surface area (TPSA) is 51.3 Å². The van der Waals surface area contributed by atoms with Gasteiger partial charge in [-0.25, -0.2) is 4.52 Å². The van der Waals surface area contributed by atoms with Crippen LogP contribution in [0.1, 0.15) is 31.4 Å². The minimum absolute atomic E-state index is 0.0539. The van der Waals surface area contributed by atoms with Crippen molar-refractivity contribution in [1.82, 2.24) is 19.5 Å². The lowest BCUT2D eigenvalue weighted by Gasteiger charge is -2.06. The molecule has 1 N–H and O–H groups in total. The largest absolute Gasteiger partial charge is 0.314 e. The number of aromatic nitrogens is 3. The van der Waals surface area contributed by atoms with Gasteiger partial charge in [-0.15, -0.1) is 0 Å². The number of aryl methyl sites for hydroxylation is 2. The maximum absolute atomic E-state index is 12.2. The summed E-state index contributed by atoms with van der Waals surface area (Å²) in [4.78, 5) is 12.2. The van der Waals surface area contributed by atoms with E-state index >= 15 is 0 Å². The first kappa shape index (κ1) is 12.4. The van der Waals surface area contributed by atoms with E-state index in [0.29, 0.717) is 5.52 Å². The van der Waals surface area contributed by atoms with E-state index in [1.54, 1.807) is 9.08 Å².